The number of amides is 1. The Labute approximate surface area is 152 Å². The Morgan fingerprint density at radius 1 is 1.28 bits per heavy atom. The number of alkyl halides is 2. The minimum absolute atomic E-state index is 0.132. The zero-order chi connectivity index (χ0) is 19.6. The SMILES string of the molecule is NCC(=O)O.O=C(N[C@H](CO)[C@H](O)c1ccc([N+](=O)[O-])cc1)C(Cl)Cl. The maximum atomic E-state index is 11.3. The predicted molar refractivity (Wildman–Crippen MR) is 89.3 cm³/mol. The topological polar surface area (TPSA) is 176 Å². The van der Waals surface area contributed by atoms with Gasteiger partial charge in [0.2, 0.25) is 0 Å². The highest BCUT2D eigenvalue weighted by Gasteiger charge is 2.24. The van der Waals surface area contributed by atoms with E-state index in [0.29, 0.717) is 5.56 Å². The van der Waals surface area contributed by atoms with E-state index >= 15 is 0 Å². The lowest BCUT2D eigenvalue weighted by Gasteiger charge is -2.22. The normalized spacial score (nSPS) is 12.6. The lowest BCUT2D eigenvalue weighted by atomic mass is 10.0. The van der Waals surface area contributed by atoms with Gasteiger partial charge in [-0.3, -0.25) is 19.7 Å². The molecule has 0 unspecified atom stereocenters. The van der Waals surface area contributed by atoms with Crippen LogP contribution in [0.4, 0.5) is 5.69 Å². The molecular formula is C13H17Cl2N3O7. The number of carboxylic acid groups (broad SMARTS) is 1. The van der Waals surface area contributed by atoms with Gasteiger partial charge in [-0.05, 0) is 17.7 Å². The number of carboxylic acids is 1. The van der Waals surface area contributed by atoms with Crippen LogP contribution in [0.3, 0.4) is 0 Å². The van der Waals surface area contributed by atoms with Gasteiger partial charge in [-0.1, -0.05) is 23.2 Å². The Balaban J connectivity index is 0.00000101. The summed E-state index contributed by atoms with van der Waals surface area (Å²) in [5.74, 6) is -1.72. The van der Waals surface area contributed by atoms with E-state index in [4.69, 9.17) is 33.4 Å². The van der Waals surface area contributed by atoms with Crippen LogP contribution in [0.5, 0.6) is 0 Å². The van der Waals surface area contributed by atoms with Crippen LogP contribution < -0.4 is 11.1 Å². The number of nitrogens with two attached hydrogens (primary N) is 1. The van der Waals surface area contributed by atoms with Crippen molar-refractivity contribution in [3.05, 3.63) is 39.9 Å². The molecule has 0 radical (unpaired) electrons. The molecule has 1 amide bonds. The number of aliphatic carboxylic acids is 1. The molecule has 0 fully saturated rings. The van der Waals surface area contributed by atoms with Crippen molar-refractivity contribution in [3.8, 4) is 0 Å². The number of rotatable bonds is 7. The van der Waals surface area contributed by atoms with Gasteiger partial charge in [-0.15, -0.1) is 0 Å². The van der Waals surface area contributed by atoms with Crippen LogP contribution in [0, 0.1) is 10.1 Å². The Morgan fingerprint density at radius 2 is 1.76 bits per heavy atom. The Kier molecular flexibility index (Phi) is 10.6. The van der Waals surface area contributed by atoms with Gasteiger partial charge >= 0.3 is 5.97 Å². The average Bonchev–Trinajstić information content (AvgIpc) is 2.59. The molecule has 6 N–H and O–H groups in total. The van der Waals surface area contributed by atoms with Crippen molar-refractivity contribution < 1.29 is 29.8 Å². The van der Waals surface area contributed by atoms with E-state index in [2.05, 4.69) is 11.1 Å². The third kappa shape index (κ3) is 8.61. The van der Waals surface area contributed by atoms with Crippen LogP contribution in [0.15, 0.2) is 24.3 Å². The predicted octanol–water partition coefficient (Wildman–Crippen LogP) is -0.0613. The van der Waals surface area contributed by atoms with Crippen molar-refractivity contribution in [1.82, 2.24) is 5.32 Å². The lowest BCUT2D eigenvalue weighted by molar-refractivity contribution is -0.384. The maximum Gasteiger partial charge on any atom is 0.317 e. The molecule has 1 rings (SSSR count). The first-order valence-corrected chi connectivity index (χ1v) is 7.55. The monoisotopic (exact) mass is 397 g/mol. The second-order valence-electron chi connectivity index (χ2n) is 4.49. The van der Waals surface area contributed by atoms with E-state index in [1.165, 1.54) is 24.3 Å². The number of nitrogens with zero attached hydrogens (tertiary/aromatic N) is 1. The first kappa shape index (κ1) is 23.0. The zero-order valence-electron chi connectivity index (χ0n) is 12.7. The van der Waals surface area contributed by atoms with Gasteiger partial charge in [-0.2, -0.15) is 0 Å². The maximum absolute atomic E-state index is 11.3. The lowest BCUT2D eigenvalue weighted by Crippen LogP contribution is -2.44. The standard InChI is InChI=1S/C11H12Cl2N2O5.C2H5NO2/c12-10(13)11(18)14-8(5-16)9(17)6-1-3-7(4-2-6)15(19)20;3-1-2(4)5/h1-4,8-10,16-17H,5H2,(H,14,18);1,3H2,(H,4,5)/t8-,9-;/m1./s1. The first-order chi connectivity index (χ1) is 11.6. The minimum atomic E-state index is -1.33. The van der Waals surface area contributed by atoms with E-state index in [0.717, 1.165) is 0 Å². The van der Waals surface area contributed by atoms with Crippen LogP contribution in [-0.4, -0.2) is 56.1 Å². The molecule has 0 saturated carbocycles. The Morgan fingerprint density at radius 3 is 2.08 bits per heavy atom. The zero-order valence-corrected chi connectivity index (χ0v) is 14.2. The highest BCUT2D eigenvalue weighted by molar-refractivity contribution is 6.53. The summed E-state index contributed by atoms with van der Waals surface area (Å²) in [6, 6.07) is 4.05. The molecular weight excluding hydrogens is 381 g/mol. The molecule has 140 valence electrons. The van der Waals surface area contributed by atoms with Gasteiger partial charge in [0.25, 0.3) is 11.6 Å². The number of non-ortho nitro benzene ring substituents is 1. The molecule has 0 spiro atoms. The number of hydrogen-bond donors (Lipinski definition) is 5. The molecule has 10 nitrogen and oxygen atoms in total. The van der Waals surface area contributed by atoms with Crippen molar-refractivity contribution in [1.29, 1.82) is 0 Å². The fourth-order valence-electron chi connectivity index (χ4n) is 1.50. The molecule has 25 heavy (non-hydrogen) atoms. The highest BCUT2D eigenvalue weighted by atomic mass is 35.5. The number of benzene rings is 1. The van der Waals surface area contributed by atoms with Gasteiger partial charge in [0.1, 0.15) is 6.10 Å². The number of halogens is 2. The highest BCUT2D eigenvalue weighted by Crippen LogP contribution is 2.20. The largest absolute Gasteiger partial charge is 0.480 e. The molecule has 0 bridgehead atoms. The summed E-state index contributed by atoms with van der Waals surface area (Å²) < 4.78 is 0. The molecule has 0 heterocycles. The van der Waals surface area contributed by atoms with E-state index in [9.17, 15) is 24.8 Å². The summed E-state index contributed by atoms with van der Waals surface area (Å²) in [5, 5.41) is 39.5. The molecule has 0 aromatic heterocycles. The van der Waals surface area contributed by atoms with Gasteiger partial charge < -0.3 is 26.4 Å². The van der Waals surface area contributed by atoms with Crippen LogP contribution in [0.25, 0.3) is 0 Å². The van der Waals surface area contributed by atoms with Crippen molar-refractivity contribution in [2.45, 2.75) is 17.0 Å². The third-order valence-electron chi connectivity index (χ3n) is 2.72. The number of aliphatic hydroxyl groups is 2. The number of nitro benzene ring substituents is 1. The summed E-state index contributed by atoms with van der Waals surface area (Å²) in [6.45, 7) is -0.829. The molecule has 0 saturated heterocycles. The average molecular weight is 398 g/mol. The molecule has 0 aliphatic carbocycles. The fraction of sp³-hybridized carbons (Fsp3) is 0.385. The quantitative estimate of drug-likeness (QED) is 0.241. The van der Waals surface area contributed by atoms with E-state index in [1.807, 2.05) is 0 Å². The number of aliphatic hydroxyl groups excluding tert-OH is 2. The molecule has 1 aromatic rings. The van der Waals surface area contributed by atoms with Crippen molar-refractivity contribution >= 4 is 40.8 Å². The van der Waals surface area contributed by atoms with E-state index in [-0.39, 0.29) is 12.2 Å². The van der Waals surface area contributed by atoms with Crippen LogP contribution >= 0.6 is 23.2 Å². The van der Waals surface area contributed by atoms with Crippen molar-refractivity contribution in [2.75, 3.05) is 13.2 Å². The number of carbonyl (C=O) groups is 2. The third-order valence-corrected chi connectivity index (χ3v) is 3.12. The van der Waals surface area contributed by atoms with Gasteiger partial charge in [0, 0.05) is 12.1 Å². The Bertz CT molecular complexity index is 583. The van der Waals surface area contributed by atoms with Crippen LogP contribution in [-0.2, 0) is 9.59 Å². The van der Waals surface area contributed by atoms with E-state index < -0.39 is 40.4 Å². The molecule has 12 heteroatoms. The summed E-state index contributed by atoms with van der Waals surface area (Å²) in [7, 11) is 0. The number of nitrogens with one attached hydrogen (secondary N) is 1. The smallest absolute Gasteiger partial charge is 0.317 e. The summed E-state index contributed by atoms with van der Waals surface area (Å²) in [4.78, 5) is 29.2. The Hall–Kier alpha value is -1.98. The molecule has 2 atom stereocenters. The van der Waals surface area contributed by atoms with Crippen molar-refractivity contribution in [2.24, 2.45) is 5.73 Å². The van der Waals surface area contributed by atoms with Crippen LogP contribution in [0.1, 0.15) is 11.7 Å². The number of nitro groups is 1. The fourth-order valence-corrected chi connectivity index (χ4v) is 1.62. The number of hydrogen-bond acceptors (Lipinski definition) is 7. The van der Waals surface area contributed by atoms with Crippen molar-refractivity contribution in [3.63, 3.8) is 0 Å². The summed E-state index contributed by atoms with van der Waals surface area (Å²) in [6.07, 6.45) is -1.25. The van der Waals surface area contributed by atoms with Gasteiger partial charge in [0.05, 0.1) is 24.1 Å². The second-order valence-corrected chi connectivity index (χ2v) is 5.59. The van der Waals surface area contributed by atoms with Gasteiger partial charge in [0.15, 0.2) is 4.84 Å². The minimum Gasteiger partial charge on any atom is -0.480 e. The molecule has 0 aliphatic heterocycles. The first-order valence-electron chi connectivity index (χ1n) is 6.67. The van der Waals surface area contributed by atoms with Crippen LogP contribution in [0.2, 0.25) is 0 Å². The molecule has 1 aromatic carbocycles. The summed E-state index contributed by atoms with van der Waals surface area (Å²) in [5.41, 5.74) is 4.74. The summed E-state index contributed by atoms with van der Waals surface area (Å²) >= 11 is 10.7. The second kappa shape index (κ2) is 11.6. The van der Waals surface area contributed by atoms with E-state index in [1.54, 1.807) is 0 Å². The molecule has 0 aliphatic rings. The number of carbonyl (C=O) groups excluding carboxylic acids is 1. The van der Waals surface area contributed by atoms with Gasteiger partial charge in [-0.25, -0.2) is 0 Å².